The smallest absolute Gasteiger partial charge is 0.248 e. The second-order valence-electron chi connectivity index (χ2n) is 5.53. The van der Waals surface area contributed by atoms with Crippen LogP contribution in [0.2, 0.25) is 0 Å². The van der Waals surface area contributed by atoms with E-state index in [-0.39, 0.29) is 5.91 Å². The van der Waals surface area contributed by atoms with Crippen molar-refractivity contribution in [3.05, 3.63) is 69.8 Å². The second-order valence-corrected chi connectivity index (χ2v) is 5.53. The number of primary amides is 1. The maximum absolute atomic E-state index is 11.2. The molecule has 0 fully saturated rings. The van der Waals surface area contributed by atoms with Gasteiger partial charge in [-0.2, -0.15) is 0 Å². The summed E-state index contributed by atoms with van der Waals surface area (Å²) >= 11 is 0. The van der Waals surface area contributed by atoms with Crippen molar-refractivity contribution in [3.63, 3.8) is 0 Å². The molecule has 0 aliphatic rings. The summed E-state index contributed by atoms with van der Waals surface area (Å²) in [4.78, 5) is 11.2. The quantitative estimate of drug-likeness (QED) is 0.885. The van der Waals surface area contributed by atoms with Gasteiger partial charge in [-0.3, -0.25) is 4.79 Å². The first kappa shape index (κ1) is 15.3. The summed E-state index contributed by atoms with van der Waals surface area (Å²) in [6, 6.07) is 11.9. The molecule has 0 aliphatic heterocycles. The van der Waals surface area contributed by atoms with E-state index in [1.54, 1.807) is 6.07 Å². The lowest BCUT2D eigenvalue weighted by atomic mass is 10.0. The molecule has 0 aliphatic carbocycles. The van der Waals surface area contributed by atoms with Crippen LogP contribution in [0.4, 0.5) is 0 Å². The van der Waals surface area contributed by atoms with Gasteiger partial charge < -0.3 is 11.1 Å². The molecule has 2 aromatic carbocycles. The second kappa shape index (κ2) is 6.55. The average Bonchev–Trinajstić information content (AvgIpc) is 2.44. The Morgan fingerprint density at radius 3 is 2.43 bits per heavy atom. The number of nitrogens with one attached hydrogen (secondary N) is 1. The molecule has 0 radical (unpaired) electrons. The van der Waals surface area contributed by atoms with E-state index in [9.17, 15) is 4.79 Å². The van der Waals surface area contributed by atoms with Crippen LogP contribution in [-0.2, 0) is 13.1 Å². The first-order valence-electron chi connectivity index (χ1n) is 7.13. The normalized spacial score (nSPS) is 10.6. The third-order valence-electron chi connectivity index (χ3n) is 3.81. The molecule has 0 aromatic heterocycles. The van der Waals surface area contributed by atoms with E-state index in [1.165, 1.54) is 22.3 Å². The highest BCUT2D eigenvalue weighted by Crippen LogP contribution is 2.15. The Labute approximate surface area is 126 Å². The van der Waals surface area contributed by atoms with Gasteiger partial charge in [0.05, 0.1) is 0 Å². The molecule has 0 atom stereocenters. The topological polar surface area (TPSA) is 55.1 Å². The summed E-state index contributed by atoms with van der Waals surface area (Å²) in [5, 5.41) is 3.42. The number of hydrogen-bond donors (Lipinski definition) is 2. The summed E-state index contributed by atoms with van der Waals surface area (Å²) in [7, 11) is 0. The van der Waals surface area contributed by atoms with Gasteiger partial charge >= 0.3 is 0 Å². The lowest BCUT2D eigenvalue weighted by Crippen LogP contribution is -2.15. The van der Waals surface area contributed by atoms with Crippen molar-refractivity contribution in [2.24, 2.45) is 5.73 Å². The van der Waals surface area contributed by atoms with Gasteiger partial charge in [0.1, 0.15) is 0 Å². The molecular weight excluding hydrogens is 260 g/mol. The van der Waals surface area contributed by atoms with Crippen molar-refractivity contribution in [1.82, 2.24) is 5.32 Å². The van der Waals surface area contributed by atoms with E-state index >= 15 is 0 Å². The molecule has 0 unspecified atom stereocenters. The minimum Gasteiger partial charge on any atom is -0.366 e. The van der Waals surface area contributed by atoms with Crippen LogP contribution < -0.4 is 11.1 Å². The average molecular weight is 282 g/mol. The Bertz CT molecular complexity index is 662. The minimum absolute atomic E-state index is 0.387. The van der Waals surface area contributed by atoms with Crippen molar-refractivity contribution in [1.29, 1.82) is 0 Å². The maximum Gasteiger partial charge on any atom is 0.248 e. The predicted molar refractivity (Wildman–Crippen MR) is 86.2 cm³/mol. The zero-order valence-electron chi connectivity index (χ0n) is 12.9. The van der Waals surface area contributed by atoms with E-state index in [2.05, 4.69) is 38.2 Å². The van der Waals surface area contributed by atoms with Gasteiger partial charge in [-0.15, -0.1) is 0 Å². The molecular formula is C18H22N2O. The largest absolute Gasteiger partial charge is 0.366 e. The Kier molecular flexibility index (Phi) is 4.76. The van der Waals surface area contributed by atoms with E-state index in [0.717, 1.165) is 12.1 Å². The van der Waals surface area contributed by atoms with E-state index in [1.807, 2.05) is 18.2 Å². The molecule has 3 nitrogen and oxygen atoms in total. The van der Waals surface area contributed by atoms with Gasteiger partial charge in [0.15, 0.2) is 0 Å². The molecule has 2 rings (SSSR count). The van der Waals surface area contributed by atoms with Crippen molar-refractivity contribution < 1.29 is 4.79 Å². The lowest BCUT2D eigenvalue weighted by Gasteiger charge is -2.11. The van der Waals surface area contributed by atoms with Gasteiger partial charge in [0.2, 0.25) is 5.91 Å². The van der Waals surface area contributed by atoms with Crippen LogP contribution in [0.5, 0.6) is 0 Å². The molecule has 0 saturated heterocycles. The van der Waals surface area contributed by atoms with E-state index < -0.39 is 0 Å². The Morgan fingerprint density at radius 1 is 1.00 bits per heavy atom. The summed E-state index contributed by atoms with van der Waals surface area (Å²) in [6.45, 7) is 7.93. The van der Waals surface area contributed by atoms with Crippen LogP contribution in [-0.4, -0.2) is 5.91 Å². The van der Waals surface area contributed by atoms with E-state index in [4.69, 9.17) is 5.73 Å². The molecule has 0 heterocycles. The van der Waals surface area contributed by atoms with Gasteiger partial charge in [-0.1, -0.05) is 24.3 Å². The standard InChI is InChI=1S/C18H22N2O/c1-12-7-14(3)17(8-13(12)2)11-20-10-15-5-4-6-16(9-15)18(19)21/h4-9,20H,10-11H2,1-3H3,(H2,19,21). The Morgan fingerprint density at radius 2 is 1.71 bits per heavy atom. The number of nitrogens with two attached hydrogens (primary N) is 1. The number of aryl methyl sites for hydroxylation is 3. The number of carbonyl (C=O) groups excluding carboxylic acids is 1. The van der Waals surface area contributed by atoms with Crippen molar-refractivity contribution in [2.45, 2.75) is 33.9 Å². The Balaban J connectivity index is 2.00. The summed E-state index contributed by atoms with van der Waals surface area (Å²) in [5.74, 6) is -0.387. The molecule has 21 heavy (non-hydrogen) atoms. The fourth-order valence-corrected chi connectivity index (χ4v) is 2.39. The highest BCUT2D eigenvalue weighted by Gasteiger charge is 2.03. The van der Waals surface area contributed by atoms with Crippen LogP contribution in [0.15, 0.2) is 36.4 Å². The van der Waals surface area contributed by atoms with Gasteiger partial charge in [0.25, 0.3) is 0 Å². The third-order valence-corrected chi connectivity index (χ3v) is 3.81. The zero-order valence-corrected chi connectivity index (χ0v) is 12.9. The molecule has 3 heteroatoms. The number of carbonyl (C=O) groups is 1. The zero-order chi connectivity index (χ0) is 15.4. The van der Waals surface area contributed by atoms with Crippen LogP contribution in [0.1, 0.15) is 38.2 Å². The molecule has 110 valence electrons. The van der Waals surface area contributed by atoms with Crippen molar-refractivity contribution in [3.8, 4) is 0 Å². The van der Waals surface area contributed by atoms with Gasteiger partial charge in [0, 0.05) is 18.7 Å². The number of rotatable bonds is 5. The first-order valence-corrected chi connectivity index (χ1v) is 7.13. The van der Waals surface area contributed by atoms with Gasteiger partial charge in [-0.25, -0.2) is 0 Å². The monoisotopic (exact) mass is 282 g/mol. The number of amides is 1. The van der Waals surface area contributed by atoms with E-state index in [0.29, 0.717) is 12.1 Å². The fraction of sp³-hybridized carbons (Fsp3) is 0.278. The Hall–Kier alpha value is -2.13. The molecule has 0 spiro atoms. The molecule has 1 amide bonds. The predicted octanol–water partition coefficient (Wildman–Crippen LogP) is 3.00. The van der Waals surface area contributed by atoms with Crippen molar-refractivity contribution in [2.75, 3.05) is 0 Å². The number of benzene rings is 2. The lowest BCUT2D eigenvalue weighted by molar-refractivity contribution is 0.1000. The van der Waals surface area contributed by atoms with Gasteiger partial charge in [-0.05, 0) is 60.7 Å². The summed E-state index contributed by atoms with van der Waals surface area (Å²) in [6.07, 6.45) is 0. The molecule has 0 saturated carbocycles. The summed E-state index contributed by atoms with van der Waals surface area (Å²) < 4.78 is 0. The first-order chi connectivity index (χ1) is 9.97. The van der Waals surface area contributed by atoms with Crippen LogP contribution in [0, 0.1) is 20.8 Å². The SMILES string of the molecule is Cc1cc(C)c(CNCc2cccc(C(N)=O)c2)cc1C. The minimum atomic E-state index is -0.387. The highest BCUT2D eigenvalue weighted by atomic mass is 16.1. The van der Waals surface area contributed by atoms with Crippen LogP contribution in [0.3, 0.4) is 0 Å². The van der Waals surface area contributed by atoms with Crippen LogP contribution >= 0.6 is 0 Å². The molecule has 2 aromatic rings. The third kappa shape index (κ3) is 3.92. The molecule has 0 bridgehead atoms. The number of hydrogen-bond acceptors (Lipinski definition) is 2. The van der Waals surface area contributed by atoms with Crippen LogP contribution in [0.25, 0.3) is 0 Å². The summed E-state index contributed by atoms with van der Waals surface area (Å²) in [5.41, 5.74) is 12.2. The van der Waals surface area contributed by atoms with Crippen molar-refractivity contribution >= 4 is 5.91 Å². The fourth-order valence-electron chi connectivity index (χ4n) is 2.39. The maximum atomic E-state index is 11.2. The molecule has 3 N–H and O–H groups in total. The highest BCUT2D eigenvalue weighted by molar-refractivity contribution is 5.92.